The van der Waals surface area contributed by atoms with Crippen LogP contribution in [0.2, 0.25) is 0 Å². The lowest BCUT2D eigenvalue weighted by Crippen LogP contribution is -2.51. The molecule has 1 saturated heterocycles. The van der Waals surface area contributed by atoms with E-state index in [-0.39, 0.29) is 29.0 Å². The first-order valence-electron chi connectivity index (χ1n) is 48.9. The van der Waals surface area contributed by atoms with E-state index in [1.807, 2.05) is 0 Å². The standard InChI is InChI=1S/C27H42O.C18H35Br.C18H26O3.2C11H22.2C10H20.C3H8/c1-18(2)7-6-8-19(3)23-11-12-24-22-10-9-20-17-21(28)13-15-26(20,4)25(22)14-16-27(23,24)5;1-14(2)8-7-9-16(4)18(12-13-19)11-10-15(3)17(18,5)6;1-17-9-7-13-11(12(17)4-5-14(17)19)3-6-15-18(13,2)10-8-16(20)21-15;2*1-6-11(5)8-7-9(2)10(11,3)4;2*1-8-6-7-9(2,3)10(8,4)5;1-3-2/h6,8-9,19,21-25,28H,1,7,10-17H2,2-5H3;14-16H,7-13H2,1-6H3;6,11-14,19H,3-5,7-10H2,1-2H3;2*9H,6-8H2,1-5H3;2*8H,6-7H2,1-5H3;3H2,1-2H3/b8-6+;;;;;;;/t19-,21+,22+,23-,24+,25+,26+,27-;15?,16-,18?;11?,12?,13?,14-,17-,18+;2*9?,11-;;;/m11010.../s1. The summed E-state index contributed by atoms with van der Waals surface area (Å²) >= 11 is 3.73. The van der Waals surface area contributed by atoms with Crippen molar-refractivity contribution in [2.24, 2.45) is 165 Å². The van der Waals surface area contributed by atoms with E-state index in [1.54, 1.807) is 5.57 Å². The molecule has 0 aromatic carbocycles. The minimum Gasteiger partial charge on any atom is -0.431 e. The fraction of sp³-hybridized carbons (Fsp3) is 0.917. The molecule has 0 aromatic rings. The maximum atomic E-state index is 11.6. The van der Waals surface area contributed by atoms with Crippen molar-refractivity contribution in [3.63, 3.8) is 0 Å². The molecular weight excluding hydrogens is 1440 g/mol. The lowest BCUT2D eigenvalue weighted by molar-refractivity contribution is -0.152. The van der Waals surface area contributed by atoms with Crippen molar-refractivity contribution in [2.75, 3.05) is 5.33 Å². The number of alkyl halides is 1. The van der Waals surface area contributed by atoms with Crippen molar-refractivity contribution in [3.8, 4) is 0 Å². The Morgan fingerprint density at radius 3 is 1.39 bits per heavy atom. The van der Waals surface area contributed by atoms with E-state index < -0.39 is 0 Å². The van der Waals surface area contributed by atoms with Gasteiger partial charge in [-0.15, -0.1) is 0 Å². The molecule has 2 N–H and O–H groups in total. The fourth-order valence-electron chi connectivity index (χ4n) is 27.5. The van der Waals surface area contributed by atoms with Crippen molar-refractivity contribution in [1.29, 1.82) is 0 Å². The quantitative estimate of drug-likeness (QED) is 0.110. The summed E-state index contributed by atoms with van der Waals surface area (Å²) in [5.74, 6) is 13.2. The van der Waals surface area contributed by atoms with Gasteiger partial charge in [0.15, 0.2) is 0 Å². The van der Waals surface area contributed by atoms with Crippen LogP contribution in [0.5, 0.6) is 0 Å². The van der Waals surface area contributed by atoms with E-state index >= 15 is 0 Å². The highest BCUT2D eigenvalue weighted by Gasteiger charge is 2.62. The Morgan fingerprint density at radius 1 is 0.522 bits per heavy atom. The number of aliphatic hydroxyl groups is 2. The Morgan fingerprint density at radius 2 is 0.973 bits per heavy atom. The maximum Gasteiger partial charge on any atom is 0.310 e. The van der Waals surface area contributed by atoms with Crippen LogP contribution in [0.15, 0.2) is 47.8 Å². The molecule has 1 aliphatic heterocycles. The number of fused-ring (bicyclic) bond motifs is 10. The summed E-state index contributed by atoms with van der Waals surface area (Å²) in [5, 5.41) is 21.8. The lowest BCUT2D eigenvalue weighted by atomic mass is 9.47. The molecule has 12 aliphatic carbocycles. The van der Waals surface area contributed by atoms with Gasteiger partial charge in [0.05, 0.1) is 12.2 Å². The minimum absolute atomic E-state index is 0.0473. The highest BCUT2D eigenvalue weighted by molar-refractivity contribution is 9.09. The molecule has 10 saturated carbocycles. The zero-order valence-corrected chi connectivity index (χ0v) is 83.5. The predicted octanol–water partition coefficient (Wildman–Crippen LogP) is 33.3. The zero-order chi connectivity index (χ0) is 85.7. The molecule has 1 heterocycles. The normalized spacial score (nSPS) is 41.5. The van der Waals surface area contributed by atoms with Gasteiger partial charge in [0.25, 0.3) is 0 Å². The Balaban J connectivity index is 0.000000212. The molecule has 13 aliphatic rings. The van der Waals surface area contributed by atoms with Gasteiger partial charge in [-0.05, 0) is 339 Å². The molecule has 9 unspecified atom stereocenters. The summed E-state index contributed by atoms with van der Waals surface area (Å²) < 4.78 is 5.57. The van der Waals surface area contributed by atoms with Gasteiger partial charge in [-0.1, -0.05) is 319 Å². The summed E-state index contributed by atoms with van der Waals surface area (Å²) in [4.78, 5) is 11.6. The van der Waals surface area contributed by atoms with Gasteiger partial charge < -0.3 is 14.9 Å². The Labute approximate surface area is 714 Å². The highest BCUT2D eigenvalue weighted by atomic mass is 79.9. The number of carbonyl (C=O) groups is 1. The Hall–Kier alpha value is -1.17. The van der Waals surface area contributed by atoms with Crippen LogP contribution in [-0.4, -0.2) is 33.7 Å². The van der Waals surface area contributed by atoms with Gasteiger partial charge in [0.2, 0.25) is 0 Å². The van der Waals surface area contributed by atoms with E-state index in [2.05, 4.69) is 282 Å². The van der Waals surface area contributed by atoms with Crippen LogP contribution < -0.4 is 0 Å². The Kier molecular flexibility index (Phi) is 34.9. The van der Waals surface area contributed by atoms with Crippen LogP contribution in [0, 0.1) is 165 Å². The molecule has 113 heavy (non-hydrogen) atoms. The molecule has 23 atom stereocenters. The molecule has 0 radical (unpaired) electrons. The molecule has 0 amide bonds. The van der Waals surface area contributed by atoms with Crippen molar-refractivity contribution in [3.05, 3.63) is 47.8 Å². The fourth-order valence-corrected chi connectivity index (χ4v) is 28.2. The number of esters is 1. The van der Waals surface area contributed by atoms with Crippen LogP contribution in [0.25, 0.3) is 0 Å². The summed E-state index contributed by atoms with van der Waals surface area (Å²) in [6.07, 6.45) is 51.2. The van der Waals surface area contributed by atoms with E-state index in [0.717, 1.165) is 128 Å². The molecule has 0 aromatic heterocycles. The SMILES string of the molecule is C=C(C)C/C=C/[C@@H](C)[C@H]1CC[C@H]2[C@@H]3CC=C4C[C@@H](O)CC[C@]4(C)[C@H]3CC[C@]12C.CC(C)CCC[C@@H](C)C1(CCBr)CCC(C)C1(C)C.CC1CCC(C)(C)C1(C)C.CC1CCC(C)(C)C1(C)C.CCC.CC[C@@]1(C)CCC(C)C1(C)C.CC[C@]1(C)CCC(C)C1(C)C.C[C@]12CCC(=O)OC1=CCC1C2CC[C@@]2(C)C1CC[C@@H]2O. The van der Waals surface area contributed by atoms with Gasteiger partial charge in [-0.2, -0.15) is 0 Å². The van der Waals surface area contributed by atoms with Crippen molar-refractivity contribution in [2.45, 2.75) is 460 Å². The molecular formula is C108H195BrO4. The molecule has 13 rings (SSSR count). The van der Waals surface area contributed by atoms with Crippen molar-refractivity contribution >= 4 is 21.9 Å². The third kappa shape index (κ3) is 20.7. The van der Waals surface area contributed by atoms with Crippen molar-refractivity contribution in [1.82, 2.24) is 0 Å². The summed E-state index contributed by atoms with van der Waals surface area (Å²) in [6, 6.07) is 0. The summed E-state index contributed by atoms with van der Waals surface area (Å²) in [5.41, 5.74) is 9.52. The smallest absolute Gasteiger partial charge is 0.310 e. The van der Waals surface area contributed by atoms with Gasteiger partial charge in [0.1, 0.15) is 5.76 Å². The van der Waals surface area contributed by atoms with E-state index in [0.29, 0.717) is 95.1 Å². The zero-order valence-electron chi connectivity index (χ0n) is 82.0. The maximum absolute atomic E-state index is 11.6. The van der Waals surface area contributed by atoms with Gasteiger partial charge in [-0.25, -0.2) is 0 Å². The van der Waals surface area contributed by atoms with E-state index in [4.69, 9.17) is 4.74 Å². The van der Waals surface area contributed by atoms with Crippen LogP contribution in [-0.2, 0) is 9.53 Å². The van der Waals surface area contributed by atoms with Gasteiger partial charge in [0, 0.05) is 17.2 Å². The molecule has 658 valence electrons. The molecule has 0 spiro atoms. The average Bonchev–Trinajstić information content (AvgIpc) is 1.70. The Bertz CT molecular complexity index is 3010. The first-order valence-corrected chi connectivity index (χ1v) is 50.0. The predicted molar refractivity (Wildman–Crippen MR) is 498 cm³/mol. The number of carbonyl (C=O) groups excluding carboxylic acids is 1. The van der Waals surface area contributed by atoms with Gasteiger partial charge in [-0.3, -0.25) is 4.79 Å². The van der Waals surface area contributed by atoms with Crippen LogP contribution in [0.3, 0.4) is 0 Å². The first-order chi connectivity index (χ1) is 52.0. The number of rotatable bonds is 13. The van der Waals surface area contributed by atoms with Crippen LogP contribution in [0.4, 0.5) is 0 Å². The number of halogens is 1. The highest BCUT2D eigenvalue weighted by Crippen LogP contribution is 2.70. The second-order valence-corrected chi connectivity index (χ2v) is 49.3. The average molecular weight is 1640 g/mol. The third-order valence-corrected chi connectivity index (χ3v) is 41.7. The molecule has 11 fully saturated rings. The number of ether oxygens (including phenoxy) is 1. The minimum atomic E-state index is -0.120. The monoisotopic (exact) mass is 1640 g/mol. The largest absolute Gasteiger partial charge is 0.431 e. The molecule has 5 heteroatoms. The van der Waals surface area contributed by atoms with Gasteiger partial charge >= 0.3 is 5.97 Å². The first kappa shape index (κ1) is 101. The topological polar surface area (TPSA) is 66.8 Å². The van der Waals surface area contributed by atoms with Crippen molar-refractivity contribution < 1.29 is 19.7 Å². The summed E-state index contributed by atoms with van der Waals surface area (Å²) in [6.45, 7) is 85.6. The summed E-state index contributed by atoms with van der Waals surface area (Å²) in [7, 11) is 0. The number of hydrogen-bond donors (Lipinski definition) is 2. The van der Waals surface area contributed by atoms with Crippen LogP contribution >= 0.6 is 15.9 Å². The number of aliphatic hydroxyl groups excluding tert-OH is 2. The van der Waals surface area contributed by atoms with E-state index in [1.165, 1.54) is 160 Å². The van der Waals surface area contributed by atoms with E-state index in [9.17, 15) is 15.0 Å². The second-order valence-electron chi connectivity index (χ2n) is 48.5. The van der Waals surface area contributed by atoms with Crippen LogP contribution in [0.1, 0.15) is 447 Å². The third-order valence-electron chi connectivity index (χ3n) is 41.3. The number of hydrogen-bond acceptors (Lipinski definition) is 4. The molecule has 4 nitrogen and oxygen atoms in total. The number of allylic oxidation sites excluding steroid dienone is 6. The second kappa shape index (κ2) is 39.1. The lowest BCUT2D eigenvalue weighted by Gasteiger charge is -2.58. The molecule has 0 bridgehead atoms.